The summed E-state index contributed by atoms with van der Waals surface area (Å²) < 4.78 is 47.8. The second-order valence-electron chi connectivity index (χ2n) is 10.7. The van der Waals surface area contributed by atoms with E-state index in [9.17, 15) is 18.0 Å². The number of piperidine rings is 2. The highest BCUT2D eigenvalue weighted by Gasteiger charge is 2.28. The lowest BCUT2D eigenvalue weighted by atomic mass is 10.0. The smallest absolute Gasteiger partial charge is 0.251 e. The fourth-order valence-electron chi connectivity index (χ4n) is 5.36. The quantitative estimate of drug-likeness (QED) is 0.157. The van der Waals surface area contributed by atoms with Crippen LogP contribution in [0.25, 0.3) is 0 Å². The Morgan fingerprint density at radius 1 is 0.878 bits per heavy atom. The fourth-order valence-corrected chi connectivity index (χ4v) is 6.58. The molecule has 2 fully saturated rings. The van der Waals surface area contributed by atoms with E-state index in [1.165, 1.54) is 23.8 Å². The summed E-state index contributed by atoms with van der Waals surface area (Å²) in [5.41, 5.74) is 2.18. The number of hydrogen-bond donors (Lipinski definition) is 1. The highest BCUT2D eigenvalue weighted by Crippen LogP contribution is 2.27. The summed E-state index contributed by atoms with van der Waals surface area (Å²) in [5.74, 6) is -2.43. The van der Waals surface area contributed by atoms with Crippen LogP contribution < -0.4 is 10.1 Å². The molecule has 2 atom stereocenters. The molecule has 2 aliphatic rings. The molecule has 2 saturated heterocycles. The van der Waals surface area contributed by atoms with Crippen LogP contribution in [0, 0.1) is 17.5 Å². The summed E-state index contributed by atoms with van der Waals surface area (Å²) in [7, 11) is 0. The van der Waals surface area contributed by atoms with Crippen LogP contribution in [-0.4, -0.2) is 51.5 Å². The van der Waals surface area contributed by atoms with Gasteiger partial charge < -0.3 is 10.1 Å². The zero-order valence-corrected chi connectivity index (χ0v) is 25.4. The minimum Gasteiger partial charge on any atom is -0.487 e. The van der Waals surface area contributed by atoms with Crippen LogP contribution in [0.15, 0.2) is 60.7 Å². The molecule has 0 saturated carbocycles. The average molecular weight is 698 g/mol. The van der Waals surface area contributed by atoms with E-state index in [1.807, 2.05) is 24.3 Å². The Labute approximate surface area is 257 Å². The molecule has 0 bridgehead atoms. The maximum absolute atomic E-state index is 14.9. The summed E-state index contributed by atoms with van der Waals surface area (Å²) >= 11 is 8.41. The molecule has 2 aliphatic heterocycles. The van der Waals surface area contributed by atoms with Gasteiger partial charge in [0.15, 0.2) is 23.2 Å². The van der Waals surface area contributed by atoms with Gasteiger partial charge in [0.2, 0.25) is 0 Å². The molecule has 1 amide bonds. The summed E-state index contributed by atoms with van der Waals surface area (Å²) in [4.78, 5) is 17.4. The highest BCUT2D eigenvalue weighted by molar-refractivity contribution is 14.1. The Morgan fingerprint density at radius 3 is 2.29 bits per heavy atom. The minimum atomic E-state index is -0.854. The zero-order chi connectivity index (χ0) is 28.9. The Kier molecular flexibility index (Phi) is 10.1. The molecule has 5 nitrogen and oxygen atoms in total. The average Bonchev–Trinajstić information content (AvgIpc) is 2.95. The molecule has 3 aromatic carbocycles. The van der Waals surface area contributed by atoms with Gasteiger partial charge in [0.1, 0.15) is 6.10 Å². The van der Waals surface area contributed by atoms with Crippen molar-refractivity contribution in [2.24, 2.45) is 0 Å². The van der Waals surface area contributed by atoms with Crippen molar-refractivity contribution in [2.75, 3.05) is 19.6 Å². The Bertz CT molecular complexity index is 1350. The van der Waals surface area contributed by atoms with Crippen LogP contribution >= 0.6 is 34.2 Å². The van der Waals surface area contributed by atoms with Gasteiger partial charge in [-0.15, -0.1) is 0 Å². The number of carbonyl (C=O) groups is 1. The predicted molar refractivity (Wildman–Crippen MR) is 162 cm³/mol. The number of likely N-dealkylation sites (tertiary alicyclic amines) is 2. The molecule has 10 heteroatoms. The standard InChI is InChI=1S/C31H32ClF3IN3O2/c32-23-5-1-20(2-6-23)19-39-14-9-24(17-30(39)36)37-31(40)22-4-8-29(28(35)16-22)41-25-10-12-38(13-11-25)18-21-3-7-26(33)27(34)15-21/h1-8,15-16,24-25,30H,9-14,17-19H2,(H,37,40). The summed E-state index contributed by atoms with van der Waals surface area (Å²) in [6.45, 7) is 3.58. The normalized spacial score (nSPS) is 20.6. The maximum Gasteiger partial charge on any atom is 0.251 e. The summed E-state index contributed by atoms with van der Waals surface area (Å²) in [5, 5.41) is 3.79. The van der Waals surface area contributed by atoms with Crippen molar-refractivity contribution in [3.8, 4) is 5.75 Å². The van der Waals surface area contributed by atoms with Crippen LogP contribution in [0.4, 0.5) is 13.2 Å². The monoisotopic (exact) mass is 697 g/mol. The molecule has 0 spiro atoms. The van der Waals surface area contributed by atoms with E-state index in [0.29, 0.717) is 38.0 Å². The number of rotatable bonds is 8. The number of benzene rings is 3. The molecular weight excluding hydrogens is 666 g/mol. The topological polar surface area (TPSA) is 44.8 Å². The Hall–Kier alpha value is -2.34. The van der Waals surface area contributed by atoms with Crippen LogP contribution in [-0.2, 0) is 13.1 Å². The van der Waals surface area contributed by atoms with E-state index >= 15 is 0 Å². The van der Waals surface area contributed by atoms with E-state index in [4.69, 9.17) is 16.3 Å². The summed E-state index contributed by atoms with van der Waals surface area (Å²) in [6.07, 6.45) is 2.82. The third-order valence-corrected chi connectivity index (χ3v) is 9.23. The van der Waals surface area contributed by atoms with Gasteiger partial charge in [0, 0.05) is 49.4 Å². The number of ether oxygens (including phenoxy) is 1. The minimum absolute atomic E-state index is 0.0152. The molecule has 1 N–H and O–H groups in total. The van der Waals surface area contributed by atoms with Crippen molar-refractivity contribution in [3.05, 3.63) is 99.8 Å². The molecule has 2 heterocycles. The van der Waals surface area contributed by atoms with Crippen molar-refractivity contribution < 1.29 is 22.7 Å². The SMILES string of the molecule is O=C(NC1CCN(Cc2ccc(Cl)cc2)C(I)C1)c1ccc(OC2CCN(Cc3ccc(F)c(F)c3)CC2)c(F)c1. The van der Waals surface area contributed by atoms with Crippen molar-refractivity contribution in [2.45, 2.75) is 55.0 Å². The molecule has 5 rings (SSSR count). The van der Waals surface area contributed by atoms with Gasteiger partial charge in [-0.2, -0.15) is 0 Å². The van der Waals surface area contributed by atoms with E-state index in [1.54, 1.807) is 12.1 Å². The number of hydrogen-bond acceptors (Lipinski definition) is 4. The number of halogens is 5. The van der Waals surface area contributed by atoms with Crippen LogP contribution in [0.5, 0.6) is 5.75 Å². The van der Waals surface area contributed by atoms with Crippen molar-refractivity contribution >= 4 is 40.1 Å². The Morgan fingerprint density at radius 2 is 1.61 bits per heavy atom. The lowest BCUT2D eigenvalue weighted by molar-refractivity contribution is 0.0900. The molecule has 41 heavy (non-hydrogen) atoms. The van der Waals surface area contributed by atoms with Crippen molar-refractivity contribution in [1.82, 2.24) is 15.1 Å². The first-order valence-electron chi connectivity index (χ1n) is 13.8. The van der Waals surface area contributed by atoms with E-state index < -0.39 is 17.5 Å². The number of nitrogens with one attached hydrogen (secondary N) is 1. The molecule has 0 aromatic heterocycles. The zero-order valence-electron chi connectivity index (χ0n) is 22.5. The van der Waals surface area contributed by atoms with Crippen LogP contribution in [0.3, 0.4) is 0 Å². The molecular formula is C31H32ClF3IN3O2. The lowest BCUT2D eigenvalue weighted by Gasteiger charge is -2.37. The molecule has 218 valence electrons. The van der Waals surface area contributed by atoms with Gasteiger partial charge in [0.05, 0.1) is 4.05 Å². The number of alkyl halides is 1. The van der Waals surface area contributed by atoms with Gasteiger partial charge >= 0.3 is 0 Å². The summed E-state index contributed by atoms with van der Waals surface area (Å²) in [6, 6.07) is 16.2. The number of amides is 1. The van der Waals surface area contributed by atoms with Gasteiger partial charge in [-0.25, -0.2) is 13.2 Å². The second-order valence-corrected chi connectivity index (χ2v) is 12.6. The Balaban J connectivity index is 1.08. The largest absolute Gasteiger partial charge is 0.487 e. The molecule has 0 radical (unpaired) electrons. The molecule has 3 aromatic rings. The van der Waals surface area contributed by atoms with Crippen LogP contribution in [0.2, 0.25) is 5.02 Å². The van der Waals surface area contributed by atoms with Crippen molar-refractivity contribution in [1.29, 1.82) is 0 Å². The fraction of sp³-hybridized carbons (Fsp3) is 0.387. The number of carbonyl (C=O) groups excluding carboxylic acids is 1. The number of nitrogens with zero attached hydrogens (tertiary/aromatic N) is 2. The predicted octanol–water partition coefficient (Wildman–Crippen LogP) is 6.96. The van der Waals surface area contributed by atoms with Gasteiger partial charge in [-0.05, 0) is 79.3 Å². The third-order valence-electron chi connectivity index (χ3n) is 7.69. The van der Waals surface area contributed by atoms with Gasteiger partial charge in [-0.1, -0.05) is 52.4 Å². The molecule has 0 aliphatic carbocycles. The highest BCUT2D eigenvalue weighted by atomic mass is 127. The van der Waals surface area contributed by atoms with Crippen LogP contribution in [0.1, 0.15) is 47.2 Å². The lowest BCUT2D eigenvalue weighted by Crippen LogP contribution is -2.47. The first-order valence-corrected chi connectivity index (χ1v) is 15.4. The molecule has 2 unspecified atom stereocenters. The first-order chi connectivity index (χ1) is 19.7. The van der Waals surface area contributed by atoms with Gasteiger partial charge in [-0.3, -0.25) is 14.6 Å². The van der Waals surface area contributed by atoms with E-state index in [2.05, 4.69) is 37.7 Å². The maximum atomic E-state index is 14.9. The third kappa shape index (κ3) is 8.15. The first kappa shape index (κ1) is 30.1. The van der Waals surface area contributed by atoms with E-state index in [-0.39, 0.29) is 33.4 Å². The van der Waals surface area contributed by atoms with Gasteiger partial charge in [0.25, 0.3) is 5.91 Å². The van der Waals surface area contributed by atoms with E-state index in [0.717, 1.165) is 37.0 Å². The van der Waals surface area contributed by atoms with Crippen molar-refractivity contribution in [3.63, 3.8) is 0 Å². The second kappa shape index (κ2) is 13.8.